The summed E-state index contributed by atoms with van der Waals surface area (Å²) in [5.74, 6) is 0.0558. The van der Waals surface area contributed by atoms with E-state index in [1.165, 1.54) is 12.0 Å². The highest BCUT2D eigenvalue weighted by atomic mass is 16.5. The van der Waals surface area contributed by atoms with Gasteiger partial charge in [0, 0.05) is 12.6 Å². The number of hydrogen-bond donors (Lipinski definition) is 4. The van der Waals surface area contributed by atoms with Crippen molar-refractivity contribution < 1.29 is 9.84 Å². The van der Waals surface area contributed by atoms with Crippen LogP contribution in [0, 0.1) is 0 Å². The van der Waals surface area contributed by atoms with Crippen LogP contribution in [0.1, 0.15) is 55.7 Å². The first-order chi connectivity index (χ1) is 14.1. The van der Waals surface area contributed by atoms with Gasteiger partial charge in [0.25, 0.3) is 0 Å². The molecule has 1 heterocycles. The van der Waals surface area contributed by atoms with Gasteiger partial charge in [0.2, 0.25) is 0 Å². The second-order valence-electron chi connectivity index (χ2n) is 7.51. The standard InChI is InChI=1S/C23H31N3O3/c24-19(18-12-13-20(27)22-21(18)25-23(28)26-22)11-7-2-1-3-8-15-29-16-14-17-9-5-4-6-10-17/h4-6,9-10,12-13,19,27H,1-3,7-8,11,14-16,24H2,(H2,25,26,28). The van der Waals surface area contributed by atoms with E-state index < -0.39 is 0 Å². The Hall–Kier alpha value is -2.57. The van der Waals surface area contributed by atoms with Crippen LogP contribution in [0.3, 0.4) is 0 Å². The number of ether oxygens (including phenoxy) is 1. The molecule has 6 nitrogen and oxygen atoms in total. The number of aromatic amines is 2. The second kappa shape index (κ2) is 10.8. The summed E-state index contributed by atoms with van der Waals surface area (Å²) < 4.78 is 5.72. The van der Waals surface area contributed by atoms with Crippen molar-refractivity contribution in [3.8, 4) is 5.75 Å². The zero-order valence-electron chi connectivity index (χ0n) is 16.8. The molecule has 0 amide bonds. The van der Waals surface area contributed by atoms with E-state index in [1.807, 2.05) is 6.07 Å². The number of benzene rings is 2. The summed E-state index contributed by atoms with van der Waals surface area (Å²) in [6, 6.07) is 13.6. The van der Waals surface area contributed by atoms with Crippen LogP contribution in [-0.2, 0) is 11.2 Å². The average molecular weight is 398 g/mol. The number of H-pyrrole nitrogens is 2. The van der Waals surface area contributed by atoms with Crippen molar-refractivity contribution in [2.75, 3.05) is 13.2 Å². The number of rotatable bonds is 12. The van der Waals surface area contributed by atoms with E-state index in [-0.39, 0.29) is 17.5 Å². The molecule has 156 valence electrons. The molecule has 0 spiro atoms. The van der Waals surface area contributed by atoms with Gasteiger partial charge in [0.15, 0.2) is 0 Å². The van der Waals surface area contributed by atoms with Gasteiger partial charge in [-0.05, 0) is 36.5 Å². The molecule has 0 aliphatic rings. The lowest BCUT2D eigenvalue weighted by atomic mass is 9.99. The molecule has 6 heteroatoms. The lowest BCUT2D eigenvalue weighted by molar-refractivity contribution is 0.133. The van der Waals surface area contributed by atoms with E-state index in [0.29, 0.717) is 11.0 Å². The molecule has 0 radical (unpaired) electrons. The highest BCUT2D eigenvalue weighted by Crippen LogP contribution is 2.28. The smallest absolute Gasteiger partial charge is 0.323 e. The van der Waals surface area contributed by atoms with Crippen molar-refractivity contribution in [2.24, 2.45) is 5.73 Å². The van der Waals surface area contributed by atoms with E-state index in [9.17, 15) is 9.90 Å². The zero-order valence-corrected chi connectivity index (χ0v) is 16.8. The molecule has 2 aromatic carbocycles. The Balaban J connectivity index is 1.27. The summed E-state index contributed by atoms with van der Waals surface area (Å²) in [6.07, 6.45) is 7.39. The molecule has 0 saturated heterocycles. The first kappa shape index (κ1) is 21.1. The molecular formula is C23H31N3O3. The minimum atomic E-state index is -0.332. The van der Waals surface area contributed by atoms with Gasteiger partial charge in [-0.2, -0.15) is 0 Å². The highest BCUT2D eigenvalue weighted by molar-refractivity contribution is 5.84. The first-order valence-electron chi connectivity index (χ1n) is 10.5. The predicted octanol–water partition coefficient (Wildman–Crippen LogP) is 4.16. The second-order valence-corrected chi connectivity index (χ2v) is 7.51. The Morgan fingerprint density at radius 2 is 1.62 bits per heavy atom. The summed E-state index contributed by atoms with van der Waals surface area (Å²) in [6.45, 7) is 1.60. The van der Waals surface area contributed by atoms with Crippen molar-refractivity contribution in [3.63, 3.8) is 0 Å². The van der Waals surface area contributed by atoms with E-state index in [4.69, 9.17) is 10.5 Å². The number of phenols is 1. The number of aromatic hydroxyl groups is 1. The minimum Gasteiger partial charge on any atom is -0.506 e. The normalized spacial score (nSPS) is 12.4. The molecule has 1 unspecified atom stereocenters. The Morgan fingerprint density at radius 3 is 2.45 bits per heavy atom. The quantitative estimate of drug-likeness (QED) is 0.344. The summed E-state index contributed by atoms with van der Waals surface area (Å²) >= 11 is 0. The van der Waals surface area contributed by atoms with Crippen LogP contribution in [0.2, 0.25) is 0 Å². The van der Waals surface area contributed by atoms with E-state index in [0.717, 1.165) is 57.3 Å². The van der Waals surface area contributed by atoms with E-state index in [1.54, 1.807) is 12.1 Å². The molecule has 5 N–H and O–H groups in total. The maximum Gasteiger partial charge on any atom is 0.323 e. The summed E-state index contributed by atoms with van der Waals surface area (Å²) in [5.41, 5.74) is 9.21. The van der Waals surface area contributed by atoms with E-state index in [2.05, 4.69) is 34.2 Å². The van der Waals surface area contributed by atoms with Crippen LogP contribution >= 0.6 is 0 Å². The maximum atomic E-state index is 11.5. The fraction of sp³-hybridized carbons (Fsp3) is 0.435. The predicted molar refractivity (Wildman–Crippen MR) is 116 cm³/mol. The van der Waals surface area contributed by atoms with Crippen molar-refractivity contribution in [2.45, 2.75) is 51.0 Å². The highest BCUT2D eigenvalue weighted by Gasteiger charge is 2.14. The number of unbranched alkanes of at least 4 members (excludes halogenated alkanes) is 4. The third kappa shape index (κ3) is 6.21. The number of nitrogens with two attached hydrogens (primary N) is 1. The molecule has 0 aliphatic carbocycles. The first-order valence-corrected chi connectivity index (χ1v) is 10.5. The van der Waals surface area contributed by atoms with E-state index >= 15 is 0 Å². The van der Waals surface area contributed by atoms with Crippen LogP contribution in [0.5, 0.6) is 5.75 Å². The third-order valence-corrected chi connectivity index (χ3v) is 5.27. The van der Waals surface area contributed by atoms with Crippen molar-refractivity contribution in [1.82, 2.24) is 9.97 Å². The molecule has 0 aliphatic heterocycles. The van der Waals surface area contributed by atoms with Crippen LogP contribution < -0.4 is 11.4 Å². The van der Waals surface area contributed by atoms with Crippen molar-refractivity contribution in [3.05, 3.63) is 64.1 Å². The maximum absolute atomic E-state index is 11.5. The van der Waals surface area contributed by atoms with Crippen LogP contribution in [0.25, 0.3) is 11.0 Å². The van der Waals surface area contributed by atoms with Gasteiger partial charge < -0.3 is 25.5 Å². The van der Waals surface area contributed by atoms with Crippen LogP contribution in [0.4, 0.5) is 0 Å². The average Bonchev–Trinajstić information content (AvgIpc) is 3.12. The Kier molecular flexibility index (Phi) is 7.90. The third-order valence-electron chi connectivity index (χ3n) is 5.27. The fourth-order valence-corrected chi connectivity index (χ4v) is 3.63. The van der Waals surface area contributed by atoms with Crippen LogP contribution in [0.15, 0.2) is 47.3 Å². The Labute approximate surface area is 171 Å². The summed E-state index contributed by atoms with van der Waals surface area (Å²) in [7, 11) is 0. The molecule has 1 aromatic heterocycles. The summed E-state index contributed by atoms with van der Waals surface area (Å²) in [5, 5.41) is 9.86. The molecule has 3 aromatic rings. The number of nitrogens with one attached hydrogen (secondary N) is 2. The molecule has 0 saturated carbocycles. The molecule has 3 rings (SSSR count). The lowest BCUT2D eigenvalue weighted by Gasteiger charge is -2.13. The zero-order chi connectivity index (χ0) is 20.5. The van der Waals surface area contributed by atoms with Gasteiger partial charge in [-0.15, -0.1) is 0 Å². The number of phenolic OH excluding ortho intramolecular Hbond substituents is 1. The number of aromatic nitrogens is 2. The SMILES string of the molecule is NC(CCCCCCCOCCc1ccccc1)c1ccc(O)c2[nH]c(=O)[nH]c12. The summed E-state index contributed by atoms with van der Waals surface area (Å²) in [4.78, 5) is 16.9. The molecule has 29 heavy (non-hydrogen) atoms. The van der Waals surface area contributed by atoms with Crippen LogP contribution in [-0.4, -0.2) is 28.3 Å². The van der Waals surface area contributed by atoms with Gasteiger partial charge in [-0.1, -0.05) is 62.1 Å². The molecule has 0 bridgehead atoms. The minimum absolute atomic E-state index is 0.0558. The molecule has 1 atom stereocenters. The largest absolute Gasteiger partial charge is 0.506 e. The fourth-order valence-electron chi connectivity index (χ4n) is 3.63. The number of hydrogen-bond acceptors (Lipinski definition) is 4. The topological polar surface area (TPSA) is 104 Å². The molecular weight excluding hydrogens is 366 g/mol. The van der Waals surface area contributed by atoms with Gasteiger partial charge in [0.05, 0.1) is 12.1 Å². The Bertz CT molecular complexity index is 933. The van der Waals surface area contributed by atoms with Gasteiger partial charge in [-0.3, -0.25) is 0 Å². The Morgan fingerprint density at radius 1 is 0.897 bits per heavy atom. The van der Waals surface area contributed by atoms with Gasteiger partial charge in [0.1, 0.15) is 11.3 Å². The number of fused-ring (bicyclic) bond motifs is 1. The van der Waals surface area contributed by atoms with Crippen molar-refractivity contribution >= 4 is 11.0 Å². The lowest BCUT2D eigenvalue weighted by Crippen LogP contribution is -2.11. The monoisotopic (exact) mass is 397 g/mol. The van der Waals surface area contributed by atoms with Gasteiger partial charge >= 0.3 is 5.69 Å². The molecule has 0 fully saturated rings. The van der Waals surface area contributed by atoms with Gasteiger partial charge in [-0.25, -0.2) is 4.79 Å². The number of imidazole rings is 1. The van der Waals surface area contributed by atoms with Crippen molar-refractivity contribution in [1.29, 1.82) is 0 Å².